The fourth-order valence-corrected chi connectivity index (χ4v) is 2.76. The van der Waals surface area contributed by atoms with Crippen molar-refractivity contribution < 1.29 is 27.9 Å². The Kier molecular flexibility index (Phi) is 3.29. The highest BCUT2D eigenvalue weighted by atomic mass is 32.1. The molecule has 1 saturated heterocycles. The van der Waals surface area contributed by atoms with Crippen LogP contribution in [0.3, 0.4) is 0 Å². The number of carboxylic acid groups (broad SMARTS) is 1. The zero-order chi connectivity index (χ0) is 14.3. The quantitative estimate of drug-likeness (QED) is 0.909. The van der Waals surface area contributed by atoms with Crippen LogP contribution in [0.25, 0.3) is 0 Å². The molecule has 0 saturated carbocycles. The SMILES string of the molecule is O=C(c1cccs1)N1CCC(C(=O)O)(C(F)(F)F)C1. The number of thiophene rings is 1. The summed E-state index contributed by atoms with van der Waals surface area (Å²) in [5.41, 5.74) is -2.85. The van der Waals surface area contributed by atoms with E-state index in [4.69, 9.17) is 5.11 Å². The molecule has 1 N–H and O–H groups in total. The van der Waals surface area contributed by atoms with Crippen LogP contribution >= 0.6 is 11.3 Å². The summed E-state index contributed by atoms with van der Waals surface area (Å²) in [6.07, 6.45) is -5.48. The monoisotopic (exact) mass is 293 g/mol. The number of hydrogen-bond donors (Lipinski definition) is 1. The van der Waals surface area contributed by atoms with Gasteiger partial charge in [-0.2, -0.15) is 13.2 Å². The number of carbonyl (C=O) groups is 2. The van der Waals surface area contributed by atoms with E-state index in [0.717, 1.165) is 16.2 Å². The van der Waals surface area contributed by atoms with E-state index >= 15 is 0 Å². The number of aliphatic carboxylic acids is 1. The first-order chi connectivity index (χ1) is 8.78. The Morgan fingerprint density at radius 2 is 2.11 bits per heavy atom. The van der Waals surface area contributed by atoms with Gasteiger partial charge in [-0.1, -0.05) is 6.07 Å². The maximum Gasteiger partial charge on any atom is 0.406 e. The van der Waals surface area contributed by atoms with Gasteiger partial charge in [0.25, 0.3) is 5.91 Å². The lowest BCUT2D eigenvalue weighted by atomic mass is 9.86. The molecule has 8 heteroatoms. The average molecular weight is 293 g/mol. The molecule has 1 aliphatic rings. The first-order valence-electron chi connectivity index (χ1n) is 5.41. The number of rotatable bonds is 2. The van der Waals surface area contributed by atoms with Crippen LogP contribution in [0.4, 0.5) is 13.2 Å². The van der Waals surface area contributed by atoms with Gasteiger partial charge in [-0.3, -0.25) is 9.59 Å². The fraction of sp³-hybridized carbons (Fsp3) is 0.455. The third-order valence-electron chi connectivity index (χ3n) is 3.24. The number of hydrogen-bond acceptors (Lipinski definition) is 3. The Balaban J connectivity index is 2.23. The van der Waals surface area contributed by atoms with Gasteiger partial charge >= 0.3 is 12.1 Å². The summed E-state index contributed by atoms with van der Waals surface area (Å²) in [5, 5.41) is 10.5. The lowest BCUT2D eigenvalue weighted by Crippen LogP contribution is -2.47. The largest absolute Gasteiger partial charge is 0.481 e. The Hall–Kier alpha value is -1.57. The number of carboxylic acids is 1. The van der Waals surface area contributed by atoms with E-state index < -0.39 is 36.4 Å². The summed E-state index contributed by atoms with van der Waals surface area (Å²) in [6, 6.07) is 3.11. The fourth-order valence-electron chi connectivity index (χ4n) is 2.07. The molecule has 0 bridgehead atoms. The van der Waals surface area contributed by atoms with E-state index in [9.17, 15) is 22.8 Å². The first-order valence-corrected chi connectivity index (χ1v) is 6.29. The molecular formula is C11H10F3NO3S. The van der Waals surface area contributed by atoms with Gasteiger partial charge in [-0.25, -0.2) is 0 Å². The molecule has 19 heavy (non-hydrogen) atoms. The van der Waals surface area contributed by atoms with E-state index in [1.807, 2.05) is 0 Å². The predicted molar refractivity (Wildman–Crippen MR) is 61.0 cm³/mol. The van der Waals surface area contributed by atoms with Gasteiger partial charge in [0.2, 0.25) is 0 Å². The van der Waals surface area contributed by atoms with Crippen LogP contribution in [0.5, 0.6) is 0 Å². The first kappa shape index (κ1) is 13.9. The Bertz CT molecular complexity index is 500. The number of carbonyl (C=O) groups excluding carboxylic acids is 1. The van der Waals surface area contributed by atoms with Crippen molar-refractivity contribution in [1.29, 1.82) is 0 Å². The van der Waals surface area contributed by atoms with Crippen LogP contribution in [-0.4, -0.2) is 41.1 Å². The molecule has 1 aliphatic heterocycles. The number of nitrogens with zero attached hydrogens (tertiary/aromatic N) is 1. The second-order valence-corrected chi connectivity index (χ2v) is 5.29. The molecule has 0 radical (unpaired) electrons. The van der Waals surface area contributed by atoms with Crippen LogP contribution in [0.1, 0.15) is 16.1 Å². The highest BCUT2D eigenvalue weighted by Crippen LogP contribution is 2.46. The maximum atomic E-state index is 12.9. The minimum atomic E-state index is -4.87. The normalized spacial score (nSPS) is 23.6. The summed E-state index contributed by atoms with van der Waals surface area (Å²) >= 11 is 1.11. The molecule has 1 fully saturated rings. The van der Waals surface area contributed by atoms with E-state index in [1.165, 1.54) is 6.07 Å². The topological polar surface area (TPSA) is 57.6 Å². The molecule has 104 valence electrons. The molecule has 1 amide bonds. The summed E-state index contributed by atoms with van der Waals surface area (Å²) in [5.74, 6) is -2.48. The van der Waals surface area contributed by atoms with E-state index in [0.29, 0.717) is 4.88 Å². The standard InChI is InChI=1S/C11H10F3NO3S/c12-11(13,14)10(9(17)18)3-4-15(6-10)8(16)7-2-1-5-19-7/h1-2,5H,3-4,6H2,(H,17,18). The van der Waals surface area contributed by atoms with Crippen molar-refractivity contribution >= 4 is 23.2 Å². The second kappa shape index (κ2) is 4.52. The zero-order valence-corrected chi connectivity index (χ0v) is 10.4. The molecule has 0 aliphatic carbocycles. The number of halogens is 3. The highest BCUT2D eigenvalue weighted by molar-refractivity contribution is 7.12. The summed E-state index contributed by atoms with van der Waals surface area (Å²) in [7, 11) is 0. The van der Waals surface area contributed by atoms with Crippen LogP contribution in [-0.2, 0) is 4.79 Å². The van der Waals surface area contributed by atoms with E-state index in [2.05, 4.69) is 0 Å². The van der Waals surface area contributed by atoms with Gasteiger partial charge in [0.15, 0.2) is 5.41 Å². The minimum absolute atomic E-state index is 0.206. The molecule has 1 atom stereocenters. The zero-order valence-electron chi connectivity index (χ0n) is 9.61. The van der Waals surface area contributed by atoms with Crippen molar-refractivity contribution in [2.24, 2.45) is 5.41 Å². The third-order valence-corrected chi connectivity index (χ3v) is 4.10. The lowest BCUT2D eigenvalue weighted by Gasteiger charge is -2.27. The van der Waals surface area contributed by atoms with Crippen molar-refractivity contribution in [1.82, 2.24) is 4.90 Å². The van der Waals surface area contributed by atoms with Gasteiger partial charge in [0, 0.05) is 13.1 Å². The summed E-state index contributed by atoms with van der Waals surface area (Å²) in [4.78, 5) is 24.2. The third kappa shape index (κ3) is 2.20. The van der Waals surface area contributed by atoms with Gasteiger partial charge in [0.05, 0.1) is 4.88 Å². The number of likely N-dealkylation sites (tertiary alicyclic amines) is 1. The average Bonchev–Trinajstić information content (AvgIpc) is 2.97. The lowest BCUT2D eigenvalue weighted by molar-refractivity contribution is -0.227. The van der Waals surface area contributed by atoms with Crippen LogP contribution < -0.4 is 0 Å². The van der Waals surface area contributed by atoms with Crippen molar-refractivity contribution in [3.05, 3.63) is 22.4 Å². The molecule has 4 nitrogen and oxygen atoms in total. The molecule has 2 rings (SSSR count). The maximum absolute atomic E-state index is 12.9. The molecule has 1 aromatic rings. The smallest absolute Gasteiger partial charge is 0.406 e. The Labute approximate surface area is 110 Å². The molecule has 0 aromatic carbocycles. The van der Waals surface area contributed by atoms with E-state index in [1.54, 1.807) is 11.4 Å². The van der Waals surface area contributed by atoms with Gasteiger partial charge in [0.1, 0.15) is 0 Å². The van der Waals surface area contributed by atoms with Crippen molar-refractivity contribution in [3.8, 4) is 0 Å². The summed E-state index contributed by atoms with van der Waals surface area (Å²) in [6.45, 7) is -1.04. The molecule has 0 spiro atoms. The Morgan fingerprint density at radius 1 is 1.42 bits per heavy atom. The van der Waals surface area contributed by atoms with Gasteiger partial charge < -0.3 is 10.0 Å². The molecule has 1 aromatic heterocycles. The van der Waals surface area contributed by atoms with E-state index in [-0.39, 0.29) is 6.54 Å². The van der Waals surface area contributed by atoms with Crippen LogP contribution in [0, 0.1) is 5.41 Å². The molecule has 2 heterocycles. The van der Waals surface area contributed by atoms with Gasteiger partial charge in [-0.15, -0.1) is 11.3 Å². The molecular weight excluding hydrogens is 283 g/mol. The molecule has 1 unspecified atom stereocenters. The van der Waals surface area contributed by atoms with Crippen molar-refractivity contribution in [2.75, 3.05) is 13.1 Å². The second-order valence-electron chi connectivity index (χ2n) is 4.34. The number of alkyl halides is 3. The van der Waals surface area contributed by atoms with Crippen molar-refractivity contribution in [3.63, 3.8) is 0 Å². The van der Waals surface area contributed by atoms with Crippen LogP contribution in [0.15, 0.2) is 17.5 Å². The Morgan fingerprint density at radius 3 is 2.53 bits per heavy atom. The van der Waals surface area contributed by atoms with Crippen LogP contribution in [0.2, 0.25) is 0 Å². The van der Waals surface area contributed by atoms with Crippen molar-refractivity contribution in [2.45, 2.75) is 12.6 Å². The van der Waals surface area contributed by atoms with Gasteiger partial charge in [-0.05, 0) is 17.9 Å². The summed E-state index contributed by atoms with van der Waals surface area (Å²) < 4.78 is 38.8. The minimum Gasteiger partial charge on any atom is -0.481 e. The highest BCUT2D eigenvalue weighted by Gasteiger charge is 2.64. The predicted octanol–water partition coefficient (Wildman–Crippen LogP) is 2.23. The number of amides is 1.